The lowest BCUT2D eigenvalue weighted by molar-refractivity contribution is 0.411. The topological polar surface area (TPSA) is 58.9 Å². The van der Waals surface area contributed by atoms with Crippen LogP contribution in [0.1, 0.15) is 25.6 Å². The summed E-state index contributed by atoms with van der Waals surface area (Å²) in [6.45, 7) is 5.86. The first-order valence-corrected chi connectivity index (χ1v) is 9.04. The van der Waals surface area contributed by atoms with Crippen LogP contribution in [0.5, 0.6) is 0 Å². The molecule has 1 fully saturated rings. The minimum atomic E-state index is 0.433. The molecular weight excluding hydrogens is 312 g/mol. The Morgan fingerprint density at radius 2 is 2.00 bits per heavy atom. The van der Waals surface area contributed by atoms with Crippen LogP contribution < -0.4 is 10.2 Å². The summed E-state index contributed by atoms with van der Waals surface area (Å²) in [6, 6.07) is 10.6. The van der Waals surface area contributed by atoms with E-state index >= 15 is 0 Å². The van der Waals surface area contributed by atoms with E-state index in [0.717, 1.165) is 49.9 Å². The monoisotopic (exact) mass is 336 g/mol. The normalized spacial score (nSPS) is 18.0. The van der Waals surface area contributed by atoms with E-state index < -0.39 is 0 Å². The number of nitrogens with zero attached hydrogens (tertiary/aromatic N) is 5. The fourth-order valence-corrected chi connectivity index (χ4v) is 3.63. The molecule has 6 heteroatoms. The zero-order valence-electron chi connectivity index (χ0n) is 14.6. The van der Waals surface area contributed by atoms with Gasteiger partial charge in [0.2, 0.25) is 5.95 Å². The van der Waals surface area contributed by atoms with Crippen molar-refractivity contribution in [2.75, 3.05) is 18.0 Å². The fraction of sp³-hybridized carbons (Fsp3) is 0.421. The Bertz CT molecular complexity index is 828. The second-order valence-corrected chi connectivity index (χ2v) is 6.48. The standard InChI is InChI=1S/C19H24N6/c1-2-25-17-9-4-3-8-16(17)23-18(25)13-22-15-7-5-12-24(14-15)19-20-10-6-11-21-19/h3-4,6,8-11,15,22H,2,5,7,12-14H2,1H3/t15-/m0/s1. The smallest absolute Gasteiger partial charge is 0.225 e. The van der Waals surface area contributed by atoms with Crippen molar-refractivity contribution in [1.82, 2.24) is 24.8 Å². The highest BCUT2D eigenvalue weighted by Gasteiger charge is 2.21. The molecule has 130 valence electrons. The molecule has 0 saturated carbocycles. The molecule has 0 amide bonds. The van der Waals surface area contributed by atoms with Gasteiger partial charge in [0, 0.05) is 38.1 Å². The molecule has 1 aliphatic heterocycles. The molecule has 1 saturated heterocycles. The molecule has 1 atom stereocenters. The maximum absolute atomic E-state index is 4.81. The van der Waals surface area contributed by atoms with E-state index in [-0.39, 0.29) is 0 Å². The minimum Gasteiger partial charge on any atom is -0.339 e. The van der Waals surface area contributed by atoms with Crippen LogP contribution in [0.3, 0.4) is 0 Å². The molecule has 3 heterocycles. The number of aryl methyl sites for hydroxylation is 1. The lowest BCUT2D eigenvalue weighted by Crippen LogP contribution is -2.46. The van der Waals surface area contributed by atoms with Crippen LogP contribution >= 0.6 is 0 Å². The van der Waals surface area contributed by atoms with Gasteiger partial charge < -0.3 is 14.8 Å². The Kier molecular flexibility index (Phi) is 4.61. The summed E-state index contributed by atoms with van der Waals surface area (Å²) in [4.78, 5) is 15.8. The van der Waals surface area contributed by atoms with Crippen molar-refractivity contribution >= 4 is 17.0 Å². The van der Waals surface area contributed by atoms with E-state index in [9.17, 15) is 0 Å². The molecule has 0 aliphatic carbocycles. The molecule has 2 aromatic heterocycles. The second kappa shape index (κ2) is 7.19. The Hall–Kier alpha value is -2.47. The van der Waals surface area contributed by atoms with Crippen molar-refractivity contribution < 1.29 is 0 Å². The van der Waals surface area contributed by atoms with Crippen LogP contribution in [0.25, 0.3) is 11.0 Å². The van der Waals surface area contributed by atoms with Gasteiger partial charge in [-0.05, 0) is 38.0 Å². The van der Waals surface area contributed by atoms with Crippen molar-refractivity contribution in [2.45, 2.75) is 38.9 Å². The van der Waals surface area contributed by atoms with Gasteiger partial charge in [-0.1, -0.05) is 12.1 Å². The molecule has 25 heavy (non-hydrogen) atoms. The number of hydrogen-bond acceptors (Lipinski definition) is 5. The number of nitrogens with one attached hydrogen (secondary N) is 1. The second-order valence-electron chi connectivity index (χ2n) is 6.48. The number of imidazole rings is 1. The molecule has 0 unspecified atom stereocenters. The van der Waals surface area contributed by atoms with Gasteiger partial charge >= 0.3 is 0 Å². The zero-order valence-corrected chi connectivity index (χ0v) is 14.6. The number of anilines is 1. The van der Waals surface area contributed by atoms with Crippen molar-refractivity contribution in [3.05, 3.63) is 48.5 Å². The average molecular weight is 336 g/mol. The van der Waals surface area contributed by atoms with Crippen LogP contribution in [0.4, 0.5) is 5.95 Å². The highest BCUT2D eigenvalue weighted by molar-refractivity contribution is 5.75. The third-order valence-corrected chi connectivity index (χ3v) is 4.86. The number of piperidine rings is 1. The SMILES string of the molecule is CCn1c(CN[C@H]2CCCN(c3ncccn3)C2)nc2ccccc21. The number of rotatable bonds is 5. The summed E-state index contributed by atoms with van der Waals surface area (Å²) in [5, 5.41) is 3.69. The third kappa shape index (κ3) is 3.35. The van der Waals surface area contributed by atoms with Crippen molar-refractivity contribution in [2.24, 2.45) is 0 Å². The molecule has 0 radical (unpaired) electrons. The Morgan fingerprint density at radius 1 is 1.16 bits per heavy atom. The first kappa shape index (κ1) is 16.0. The van der Waals surface area contributed by atoms with E-state index in [1.807, 2.05) is 24.5 Å². The van der Waals surface area contributed by atoms with E-state index in [2.05, 4.69) is 49.9 Å². The van der Waals surface area contributed by atoms with Gasteiger partial charge in [0.25, 0.3) is 0 Å². The van der Waals surface area contributed by atoms with Gasteiger partial charge in [0.05, 0.1) is 17.6 Å². The van der Waals surface area contributed by atoms with Gasteiger partial charge in [-0.3, -0.25) is 0 Å². The van der Waals surface area contributed by atoms with E-state index in [1.54, 1.807) is 0 Å². The molecule has 1 aliphatic rings. The summed E-state index contributed by atoms with van der Waals surface area (Å²) in [5.74, 6) is 1.94. The van der Waals surface area contributed by atoms with E-state index in [0.29, 0.717) is 6.04 Å². The molecule has 6 nitrogen and oxygen atoms in total. The van der Waals surface area contributed by atoms with E-state index in [1.165, 1.54) is 11.9 Å². The number of benzene rings is 1. The summed E-state index contributed by atoms with van der Waals surface area (Å²) in [6.07, 6.45) is 5.95. The molecule has 1 aromatic carbocycles. The summed E-state index contributed by atoms with van der Waals surface area (Å²) >= 11 is 0. The average Bonchev–Trinajstić information content (AvgIpc) is 3.05. The zero-order chi connectivity index (χ0) is 17.1. The number of para-hydroxylation sites is 2. The maximum atomic E-state index is 4.81. The van der Waals surface area contributed by atoms with Crippen LogP contribution in [-0.4, -0.2) is 38.7 Å². The Morgan fingerprint density at radius 3 is 2.84 bits per heavy atom. The molecule has 0 spiro atoms. The molecule has 3 aromatic rings. The predicted molar refractivity (Wildman–Crippen MR) is 99.5 cm³/mol. The molecule has 0 bridgehead atoms. The van der Waals surface area contributed by atoms with Gasteiger partial charge in [-0.2, -0.15) is 0 Å². The summed E-state index contributed by atoms with van der Waals surface area (Å²) < 4.78 is 2.29. The highest BCUT2D eigenvalue weighted by atomic mass is 15.3. The van der Waals surface area contributed by atoms with Crippen LogP contribution in [0.2, 0.25) is 0 Å². The highest BCUT2D eigenvalue weighted by Crippen LogP contribution is 2.18. The lowest BCUT2D eigenvalue weighted by atomic mass is 10.1. The summed E-state index contributed by atoms with van der Waals surface area (Å²) in [7, 11) is 0. The van der Waals surface area contributed by atoms with Gasteiger partial charge in [-0.25, -0.2) is 15.0 Å². The first-order valence-electron chi connectivity index (χ1n) is 9.04. The van der Waals surface area contributed by atoms with Crippen LogP contribution in [-0.2, 0) is 13.1 Å². The Balaban J connectivity index is 1.44. The number of aromatic nitrogens is 4. The number of fused-ring (bicyclic) bond motifs is 1. The first-order chi connectivity index (χ1) is 12.3. The van der Waals surface area contributed by atoms with Gasteiger partial charge in [0.15, 0.2) is 0 Å². The van der Waals surface area contributed by atoms with Crippen molar-refractivity contribution in [3.8, 4) is 0 Å². The van der Waals surface area contributed by atoms with Gasteiger partial charge in [0.1, 0.15) is 5.82 Å². The largest absolute Gasteiger partial charge is 0.339 e. The van der Waals surface area contributed by atoms with E-state index in [4.69, 9.17) is 4.98 Å². The van der Waals surface area contributed by atoms with Crippen molar-refractivity contribution in [3.63, 3.8) is 0 Å². The quantitative estimate of drug-likeness (QED) is 0.776. The van der Waals surface area contributed by atoms with Crippen LogP contribution in [0, 0.1) is 0 Å². The third-order valence-electron chi connectivity index (χ3n) is 4.86. The number of hydrogen-bond donors (Lipinski definition) is 1. The molecular formula is C19H24N6. The minimum absolute atomic E-state index is 0.433. The van der Waals surface area contributed by atoms with Crippen molar-refractivity contribution in [1.29, 1.82) is 0 Å². The lowest BCUT2D eigenvalue weighted by Gasteiger charge is -2.33. The summed E-state index contributed by atoms with van der Waals surface area (Å²) in [5.41, 5.74) is 2.29. The van der Waals surface area contributed by atoms with Crippen LogP contribution in [0.15, 0.2) is 42.7 Å². The van der Waals surface area contributed by atoms with Gasteiger partial charge in [-0.15, -0.1) is 0 Å². The molecule has 1 N–H and O–H groups in total. The maximum Gasteiger partial charge on any atom is 0.225 e. The molecule has 4 rings (SSSR count). The fourth-order valence-electron chi connectivity index (χ4n) is 3.63. The Labute approximate surface area is 147 Å². The predicted octanol–water partition coefficient (Wildman–Crippen LogP) is 2.60.